The van der Waals surface area contributed by atoms with E-state index in [4.69, 9.17) is 11.6 Å². The van der Waals surface area contributed by atoms with Crippen LogP contribution in [-0.4, -0.2) is 13.5 Å². The third-order valence-electron chi connectivity index (χ3n) is 3.28. The van der Waals surface area contributed by atoms with Crippen LogP contribution in [0.2, 0.25) is 5.02 Å². The van der Waals surface area contributed by atoms with Crippen molar-refractivity contribution in [3.05, 3.63) is 50.2 Å². The molecule has 0 bridgehead atoms. The summed E-state index contributed by atoms with van der Waals surface area (Å²) in [5.41, 5.74) is 2.08. The molecule has 0 radical (unpaired) electrons. The standard InChI is InChI=1S/C14H16ClNO3S2/c1-9-3-4-20-13(9)7-16-21(18,19)14-6-12(15)5-11(8-17)10(14)2/h3-6,16-17H,7-8H2,1-2H3. The molecule has 2 N–H and O–H groups in total. The number of sulfonamides is 1. The molecule has 0 amide bonds. The topological polar surface area (TPSA) is 66.4 Å². The summed E-state index contributed by atoms with van der Waals surface area (Å²) in [4.78, 5) is 1.08. The van der Waals surface area contributed by atoms with E-state index in [1.165, 1.54) is 17.4 Å². The third kappa shape index (κ3) is 3.64. The van der Waals surface area contributed by atoms with Crippen LogP contribution < -0.4 is 4.72 Å². The number of nitrogens with one attached hydrogen (secondary N) is 1. The summed E-state index contributed by atoms with van der Waals surface area (Å²) in [7, 11) is -3.68. The zero-order valence-electron chi connectivity index (χ0n) is 11.7. The van der Waals surface area contributed by atoms with Gasteiger partial charge in [-0.15, -0.1) is 11.3 Å². The molecule has 0 fully saturated rings. The average molecular weight is 346 g/mol. The fourth-order valence-corrected chi connectivity index (χ4v) is 4.52. The molecule has 2 aromatic rings. The molecule has 7 heteroatoms. The molecule has 0 aliphatic heterocycles. The molecule has 114 valence electrons. The monoisotopic (exact) mass is 345 g/mol. The summed E-state index contributed by atoms with van der Waals surface area (Å²) in [6.45, 7) is 3.59. The van der Waals surface area contributed by atoms with Crippen LogP contribution in [-0.2, 0) is 23.2 Å². The lowest BCUT2D eigenvalue weighted by Crippen LogP contribution is -2.24. The first kappa shape index (κ1) is 16.5. The molecule has 0 unspecified atom stereocenters. The molecule has 0 saturated heterocycles. The second kappa shape index (κ2) is 6.46. The van der Waals surface area contributed by atoms with Gasteiger partial charge in [0.15, 0.2) is 0 Å². The highest BCUT2D eigenvalue weighted by Gasteiger charge is 2.20. The van der Waals surface area contributed by atoms with Gasteiger partial charge in [-0.2, -0.15) is 0 Å². The zero-order chi connectivity index (χ0) is 15.6. The summed E-state index contributed by atoms with van der Waals surface area (Å²) >= 11 is 7.44. The van der Waals surface area contributed by atoms with E-state index < -0.39 is 10.0 Å². The average Bonchev–Trinajstić information content (AvgIpc) is 2.84. The molecular weight excluding hydrogens is 330 g/mol. The highest BCUT2D eigenvalue weighted by atomic mass is 35.5. The van der Waals surface area contributed by atoms with Crippen molar-refractivity contribution >= 4 is 33.0 Å². The minimum Gasteiger partial charge on any atom is -0.392 e. The highest BCUT2D eigenvalue weighted by molar-refractivity contribution is 7.89. The molecule has 1 aromatic carbocycles. The number of thiophene rings is 1. The molecular formula is C14H16ClNO3S2. The molecule has 0 aliphatic carbocycles. The number of aliphatic hydroxyl groups excluding tert-OH is 1. The maximum absolute atomic E-state index is 12.4. The van der Waals surface area contributed by atoms with Crippen LogP contribution in [0, 0.1) is 13.8 Å². The van der Waals surface area contributed by atoms with Gasteiger partial charge >= 0.3 is 0 Å². The minimum absolute atomic E-state index is 0.105. The Hall–Kier alpha value is -0.920. The van der Waals surface area contributed by atoms with Crippen LogP contribution >= 0.6 is 22.9 Å². The van der Waals surface area contributed by atoms with E-state index in [-0.39, 0.29) is 23.1 Å². The summed E-state index contributed by atoms with van der Waals surface area (Å²) in [5, 5.41) is 11.5. The van der Waals surface area contributed by atoms with E-state index >= 15 is 0 Å². The van der Waals surface area contributed by atoms with Gasteiger partial charge in [0.25, 0.3) is 0 Å². The van der Waals surface area contributed by atoms with Gasteiger partial charge in [-0.25, -0.2) is 13.1 Å². The van der Waals surface area contributed by atoms with Crippen molar-refractivity contribution in [1.82, 2.24) is 4.72 Å². The molecule has 0 atom stereocenters. The molecule has 0 aliphatic rings. The largest absolute Gasteiger partial charge is 0.392 e. The van der Waals surface area contributed by atoms with Crippen LogP contribution in [0.3, 0.4) is 0 Å². The van der Waals surface area contributed by atoms with Crippen LogP contribution in [0.4, 0.5) is 0 Å². The van der Waals surface area contributed by atoms with Gasteiger partial charge in [-0.3, -0.25) is 0 Å². The number of halogens is 1. The summed E-state index contributed by atoms with van der Waals surface area (Å²) in [6, 6.07) is 4.92. The lowest BCUT2D eigenvalue weighted by Gasteiger charge is -2.12. The number of hydrogen-bond acceptors (Lipinski definition) is 4. The maximum Gasteiger partial charge on any atom is 0.241 e. The van der Waals surface area contributed by atoms with E-state index in [0.717, 1.165) is 10.4 Å². The van der Waals surface area contributed by atoms with Crippen LogP contribution in [0.15, 0.2) is 28.5 Å². The quantitative estimate of drug-likeness (QED) is 0.875. The number of hydrogen-bond donors (Lipinski definition) is 2. The molecule has 0 spiro atoms. The van der Waals surface area contributed by atoms with Gasteiger partial charge in [0.2, 0.25) is 10.0 Å². The van der Waals surface area contributed by atoms with Crippen LogP contribution in [0.1, 0.15) is 21.6 Å². The van der Waals surface area contributed by atoms with E-state index in [2.05, 4.69) is 4.72 Å². The Morgan fingerprint density at radius 3 is 2.62 bits per heavy atom. The SMILES string of the molecule is Cc1ccsc1CNS(=O)(=O)c1cc(Cl)cc(CO)c1C. The summed E-state index contributed by atoms with van der Waals surface area (Å²) < 4.78 is 27.4. The lowest BCUT2D eigenvalue weighted by molar-refractivity contribution is 0.280. The first-order valence-corrected chi connectivity index (χ1v) is 9.01. The fraction of sp³-hybridized carbons (Fsp3) is 0.286. The number of rotatable bonds is 5. The number of aliphatic hydroxyl groups is 1. The molecule has 2 rings (SSSR count). The second-order valence-corrected chi connectivity index (χ2v) is 7.87. The molecule has 4 nitrogen and oxygen atoms in total. The van der Waals surface area contributed by atoms with Crippen molar-refractivity contribution in [2.45, 2.75) is 31.9 Å². The lowest BCUT2D eigenvalue weighted by atomic mass is 10.1. The Labute approximate surface area is 133 Å². The first-order chi connectivity index (χ1) is 9.85. The van der Waals surface area contributed by atoms with Gasteiger partial charge in [-0.05, 0) is 54.1 Å². The Bertz CT molecular complexity index is 754. The van der Waals surface area contributed by atoms with Gasteiger partial charge in [0, 0.05) is 16.4 Å². The number of aryl methyl sites for hydroxylation is 1. The normalized spacial score (nSPS) is 11.8. The predicted octanol–water partition coefficient (Wildman–Crippen LogP) is 2.99. The Balaban J connectivity index is 2.32. The van der Waals surface area contributed by atoms with Crippen molar-refractivity contribution in [1.29, 1.82) is 0 Å². The Morgan fingerprint density at radius 2 is 2.05 bits per heavy atom. The van der Waals surface area contributed by atoms with E-state index in [1.807, 2.05) is 18.4 Å². The van der Waals surface area contributed by atoms with Gasteiger partial charge in [0.05, 0.1) is 11.5 Å². The fourth-order valence-electron chi connectivity index (χ4n) is 1.97. The summed E-state index contributed by atoms with van der Waals surface area (Å²) in [5.74, 6) is 0. The third-order valence-corrected chi connectivity index (χ3v) is 6.05. The second-order valence-electron chi connectivity index (χ2n) is 4.70. The van der Waals surface area contributed by atoms with Crippen molar-refractivity contribution in [3.63, 3.8) is 0 Å². The van der Waals surface area contributed by atoms with Crippen molar-refractivity contribution in [3.8, 4) is 0 Å². The Kier molecular flexibility index (Phi) is 5.06. The van der Waals surface area contributed by atoms with E-state index in [1.54, 1.807) is 13.0 Å². The van der Waals surface area contributed by atoms with Gasteiger partial charge in [-0.1, -0.05) is 11.6 Å². The van der Waals surface area contributed by atoms with Crippen LogP contribution in [0.25, 0.3) is 0 Å². The van der Waals surface area contributed by atoms with Crippen molar-refractivity contribution in [2.24, 2.45) is 0 Å². The van der Waals surface area contributed by atoms with Gasteiger partial charge < -0.3 is 5.11 Å². The number of benzene rings is 1. The van der Waals surface area contributed by atoms with Gasteiger partial charge in [0.1, 0.15) is 0 Å². The highest BCUT2D eigenvalue weighted by Crippen LogP contribution is 2.25. The zero-order valence-corrected chi connectivity index (χ0v) is 14.1. The van der Waals surface area contributed by atoms with Crippen LogP contribution in [0.5, 0.6) is 0 Å². The maximum atomic E-state index is 12.4. The van der Waals surface area contributed by atoms with Crippen molar-refractivity contribution in [2.75, 3.05) is 0 Å². The minimum atomic E-state index is -3.68. The predicted molar refractivity (Wildman–Crippen MR) is 85.2 cm³/mol. The van der Waals surface area contributed by atoms with Crippen molar-refractivity contribution < 1.29 is 13.5 Å². The summed E-state index contributed by atoms with van der Waals surface area (Å²) in [6.07, 6.45) is 0. The first-order valence-electron chi connectivity index (χ1n) is 6.27. The van der Waals surface area contributed by atoms with E-state index in [9.17, 15) is 13.5 Å². The molecule has 21 heavy (non-hydrogen) atoms. The molecule has 1 heterocycles. The smallest absolute Gasteiger partial charge is 0.241 e. The molecule has 0 saturated carbocycles. The molecule has 1 aromatic heterocycles. The van der Waals surface area contributed by atoms with E-state index in [0.29, 0.717) is 11.1 Å². The Morgan fingerprint density at radius 1 is 1.33 bits per heavy atom.